The maximum Gasteiger partial charge on any atom is 0.138 e. The summed E-state index contributed by atoms with van der Waals surface area (Å²) >= 11 is 0. The first-order chi connectivity index (χ1) is 9.20. The molecule has 1 unspecified atom stereocenters. The molecule has 3 aliphatic rings. The van der Waals surface area contributed by atoms with Crippen molar-refractivity contribution in [2.45, 2.75) is 51.7 Å². The number of aromatic nitrogens is 1. The number of rotatable bonds is 4. The minimum absolute atomic E-state index is 0.214. The molecule has 3 saturated heterocycles. The van der Waals surface area contributed by atoms with Gasteiger partial charge >= 0.3 is 0 Å². The normalized spacial score (nSPS) is 29.7. The van der Waals surface area contributed by atoms with Gasteiger partial charge < -0.3 is 9.64 Å². The second-order valence-electron chi connectivity index (χ2n) is 6.27. The summed E-state index contributed by atoms with van der Waals surface area (Å²) in [5.74, 6) is 1.88. The minimum atomic E-state index is 0.214. The molecule has 19 heavy (non-hydrogen) atoms. The average Bonchev–Trinajstić information content (AvgIpc) is 2.39. The van der Waals surface area contributed by atoms with E-state index in [0.717, 1.165) is 24.1 Å². The van der Waals surface area contributed by atoms with E-state index >= 15 is 0 Å². The topological polar surface area (TPSA) is 25.4 Å². The zero-order chi connectivity index (χ0) is 13.2. The van der Waals surface area contributed by atoms with Crippen molar-refractivity contribution in [1.82, 2.24) is 9.88 Å². The van der Waals surface area contributed by atoms with E-state index in [-0.39, 0.29) is 6.10 Å². The molecule has 4 rings (SSSR count). The Kier molecular flexibility index (Phi) is 3.74. The summed E-state index contributed by atoms with van der Waals surface area (Å²) in [5, 5.41) is 0. The summed E-state index contributed by atoms with van der Waals surface area (Å²) in [4.78, 5) is 6.98. The van der Waals surface area contributed by atoms with Gasteiger partial charge in [0.15, 0.2) is 0 Å². The fourth-order valence-electron chi connectivity index (χ4n) is 3.48. The van der Waals surface area contributed by atoms with Crippen LogP contribution in [-0.2, 0) is 6.42 Å². The van der Waals surface area contributed by atoms with Crippen LogP contribution in [0.4, 0.5) is 0 Å². The quantitative estimate of drug-likeness (QED) is 0.832. The Hall–Kier alpha value is -1.09. The highest BCUT2D eigenvalue weighted by atomic mass is 16.5. The molecule has 0 saturated carbocycles. The largest absolute Gasteiger partial charge is 0.489 e. The first-order valence-corrected chi connectivity index (χ1v) is 7.55. The van der Waals surface area contributed by atoms with Gasteiger partial charge in [-0.05, 0) is 70.2 Å². The molecule has 0 N–H and O–H groups in total. The van der Waals surface area contributed by atoms with Gasteiger partial charge in [-0.15, -0.1) is 0 Å². The second-order valence-corrected chi connectivity index (χ2v) is 6.27. The van der Waals surface area contributed by atoms with Crippen molar-refractivity contribution < 1.29 is 4.74 Å². The SMILES string of the molecule is CC(C)Oc1cncc(CC2CC3CCN2CC3)c1. The smallest absolute Gasteiger partial charge is 0.138 e. The Bertz CT molecular complexity index is 425. The van der Waals surface area contributed by atoms with Crippen LogP contribution < -0.4 is 4.74 Å². The molecule has 1 aromatic rings. The van der Waals surface area contributed by atoms with Gasteiger partial charge in [-0.1, -0.05) is 0 Å². The van der Waals surface area contributed by atoms with Crippen molar-refractivity contribution in [3.05, 3.63) is 24.0 Å². The Balaban J connectivity index is 1.66. The predicted octanol–water partition coefficient (Wildman–Crippen LogP) is 2.90. The van der Waals surface area contributed by atoms with Crippen LogP contribution >= 0.6 is 0 Å². The zero-order valence-corrected chi connectivity index (χ0v) is 12.0. The maximum absolute atomic E-state index is 5.73. The lowest BCUT2D eigenvalue weighted by Crippen LogP contribution is -2.49. The van der Waals surface area contributed by atoms with Gasteiger partial charge in [0, 0.05) is 12.2 Å². The number of hydrogen-bond acceptors (Lipinski definition) is 3. The molecule has 3 aliphatic heterocycles. The highest BCUT2D eigenvalue weighted by Crippen LogP contribution is 2.33. The number of fused-ring (bicyclic) bond motifs is 3. The molecule has 3 heteroatoms. The van der Waals surface area contributed by atoms with Gasteiger partial charge in [0.2, 0.25) is 0 Å². The Labute approximate surface area is 116 Å². The van der Waals surface area contributed by atoms with Gasteiger partial charge in [0.05, 0.1) is 12.3 Å². The van der Waals surface area contributed by atoms with E-state index in [1.165, 1.54) is 37.9 Å². The minimum Gasteiger partial charge on any atom is -0.489 e. The van der Waals surface area contributed by atoms with E-state index in [2.05, 4.69) is 29.8 Å². The summed E-state index contributed by atoms with van der Waals surface area (Å²) in [6, 6.07) is 2.89. The van der Waals surface area contributed by atoms with Gasteiger partial charge in [0.1, 0.15) is 5.75 Å². The third-order valence-corrected chi connectivity index (χ3v) is 4.38. The summed E-state index contributed by atoms with van der Waals surface area (Å²) in [6.07, 6.45) is 9.34. The predicted molar refractivity (Wildman–Crippen MR) is 76.4 cm³/mol. The van der Waals surface area contributed by atoms with E-state index in [1.54, 1.807) is 0 Å². The van der Waals surface area contributed by atoms with Crippen LogP contribution in [0.5, 0.6) is 5.75 Å². The van der Waals surface area contributed by atoms with Crippen LogP contribution in [0.15, 0.2) is 18.5 Å². The van der Waals surface area contributed by atoms with Crippen molar-refractivity contribution in [3.8, 4) is 5.75 Å². The molecular weight excluding hydrogens is 236 g/mol. The Morgan fingerprint density at radius 2 is 2.11 bits per heavy atom. The Morgan fingerprint density at radius 1 is 1.32 bits per heavy atom. The van der Waals surface area contributed by atoms with E-state index in [0.29, 0.717) is 0 Å². The van der Waals surface area contributed by atoms with Crippen LogP contribution in [0.1, 0.15) is 38.7 Å². The number of pyridine rings is 1. The summed E-state index contributed by atoms with van der Waals surface area (Å²) in [5.41, 5.74) is 1.32. The first-order valence-electron chi connectivity index (χ1n) is 7.55. The number of ether oxygens (including phenoxy) is 1. The van der Waals surface area contributed by atoms with Crippen molar-refractivity contribution in [2.75, 3.05) is 13.1 Å². The lowest BCUT2D eigenvalue weighted by atomic mass is 9.81. The number of hydrogen-bond donors (Lipinski definition) is 0. The summed E-state index contributed by atoms with van der Waals surface area (Å²) < 4.78 is 5.73. The van der Waals surface area contributed by atoms with Crippen LogP contribution in [0.25, 0.3) is 0 Å². The maximum atomic E-state index is 5.73. The lowest BCUT2D eigenvalue weighted by molar-refractivity contribution is 0.0498. The molecule has 4 heterocycles. The number of nitrogens with zero attached hydrogens (tertiary/aromatic N) is 2. The molecule has 1 atom stereocenters. The van der Waals surface area contributed by atoms with E-state index in [9.17, 15) is 0 Å². The lowest BCUT2D eigenvalue weighted by Gasteiger charge is -2.45. The molecule has 1 aromatic heterocycles. The van der Waals surface area contributed by atoms with E-state index in [1.807, 2.05) is 12.4 Å². The molecule has 104 valence electrons. The van der Waals surface area contributed by atoms with Crippen molar-refractivity contribution in [1.29, 1.82) is 0 Å². The monoisotopic (exact) mass is 260 g/mol. The molecule has 3 nitrogen and oxygen atoms in total. The highest BCUT2D eigenvalue weighted by Gasteiger charge is 2.33. The van der Waals surface area contributed by atoms with E-state index < -0.39 is 0 Å². The zero-order valence-electron chi connectivity index (χ0n) is 12.0. The molecule has 0 aliphatic carbocycles. The number of piperidine rings is 3. The van der Waals surface area contributed by atoms with Crippen molar-refractivity contribution in [2.24, 2.45) is 5.92 Å². The third kappa shape index (κ3) is 3.08. The average molecular weight is 260 g/mol. The molecule has 0 amide bonds. The summed E-state index contributed by atoms with van der Waals surface area (Å²) in [6.45, 7) is 6.70. The fraction of sp³-hybridized carbons (Fsp3) is 0.688. The molecule has 2 bridgehead atoms. The van der Waals surface area contributed by atoms with Crippen molar-refractivity contribution in [3.63, 3.8) is 0 Å². The van der Waals surface area contributed by atoms with E-state index in [4.69, 9.17) is 4.74 Å². The molecule has 0 spiro atoms. The van der Waals surface area contributed by atoms with Crippen molar-refractivity contribution >= 4 is 0 Å². The van der Waals surface area contributed by atoms with Gasteiger partial charge in [-0.3, -0.25) is 4.98 Å². The molecule has 0 radical (unpaired) electrons. The third-order valence-electron chi connectivity index (χ3n) is 4.38. The van der Waals surface area contributed by atoms with Gasteiger partial charge in [-0.25, -0.2) is 0 Å². The van der Waals surface area contributed by atoms with Crippen LogP contribution in [-0.4, -0.2) is 35.1 Å². The standard InChI is InChI=1S/C16H24N2O/c1-12(2)19-16-9-14(10-17-11-16)8-15-7-13-3-5-18(15)6-4-13/h9-13,15H,3-8H2,1-2H3. The highest BCUT2D eigenvalue weighted by molar-refractivity contribution is 5.24. The first kappa shape index (κ1) is 12.9. The summed E-state index contributed by atoms with van der Waals surface area (Å²) in [7, 11) is 0. The van der Waals surface area contributed by atoms with Crippen LogP contribution in [0.3, 0.4) is 0 Å². The van der Waals surface area contributed by atoms with Gasteiger partial charge in [0.25, 0.3) is 0 Å². The van der Waals surface area contributed by atoms with Crippen LogP contribution in [0, 0.1) is 5.92 Å². The molecule has 0 aromatic carbocycles. The van der Waals surface area contributed by atoms with Gasteiger partial charge in [-0.2, -0.15) is 0 Å². The molecule has 3 fully saturated rings. The fourth-order valence-corrected chi connectivity index (χ4v) is 3.48. The second kappa shape index (κ2) is 5.49. The molecular formula is C16H24N2O. The Morgan fingerprint density at radius 3 is 2.74 bits per heavy atom. The van der Waals surface area contributed by atoms with Crippen LogP contribution in [0.2, 0.25) is 0 Å².